The van der Waals surface area contributed by atoms with E-state index in [0.29, 0.717) is 12.2 Å². The van der Waals surface area contributed by atoms with Crippen molar-refractivity contribution in [2.75, 3.05) is 25.0 Å². The average molecular weight is 476 g/mol. The Labute approximate surface area is 199 Å². The van der Waals surface area contributed by atoms with E-state index in [-0.39, 0.29) is 29.3 Å². The molecule has 2 N–H and O–H groups in total. The summed E-state index contributed by atoms with van der Waals surface area (Å²) in [6, 6.07) is 2.16. The molecular formula is C25H35F2N5O2. The van der Waals surface area contributed by atoms with Crippen molar-refractivity contribution in [1.29, 1.82) is 0 Å². The van der Waals surface area contributed by atoms with Gasteiger partial charge in [0.15, 0.2) is 5.82 Å². The highest BCUT2D eigenvalue weighted by molar-refractivity contribution is 5.97. The summed E-state index contributed by atoms with van der Waals surface area (Å²) < 4.78 is 28.9. The summed E-state index contributed by atoms with van der Waals surface area (Å²) in [5, 5.41) is 5.53. The highest BCUT2D eigenvalue weighted by Gasteiger charge is 2.28. The SMILES string of the molecule is CC[C@@H](C)[C@H](NC(=O)Cc1cc(F)cc(F)c1)C(=O)Nc1cn(C(C)(C)CN2CCCC2)cn1. The van der Waals surface area contributed by atoms with E-state index < -0.39 is 23.6 Å². The van der Waals surface area contributed by atoms with Gasteiger partial charge in [-0.25, -0.2) is 13.8 Å². The van der Waals surface area contributed by atoms with E-state index in [1.807, 2.05) is 18.4 Å². The van der Waals surface area contributed by atoms with Crippen molar-refractivity contribution in [3.8, 4) is 0 Å². The zero-order valence-electron chi connectivity index (χ0n) is 20.4. The molecule has 0 saturated carbocycles. The Morgan fingerprint density at radius 3 is 2.41 bits per heavy atom. The highest BCUT2D eigenvalue weighted by atomic mass is 19.1. The number of halogens is 2. The number of amides is 2. The molecule has 0 bridgehead atoms. The van der Waals surface area contributed by atoms with Gasteiger partial charge in [0, 0.05) is 18.8 Å². The topological polar surface area (TPSA) is 79.3 Å². The number of hydrogen-bond donors (Lipinski definition) is 2. The van der Waals surface area contributed by atoms with E-state index in [4.69, 9.17) is 0 Å². The Bertz CT molecular complexity index is 981. The fourth-order valence-corrected chi connectivity index (χ4v) is 4.32. The zero-order valence-corrected chi connectivity index (χ0v) is 20.4. The predicted molar refractivity (Wildman–Crippen MR) is 127 cm³/mol. The molecule has 0 spiro atoms. The summed E-state index contributed by atoms with van der Waals surface area (Å²) in [7, 11) is 0. The van der Waals surface area contributed by atoms with Crippen LogP contribution in [0.3, 0.4) is 0 Å². The molecule has 1 saturated heterocycles. The first kappa shape index (κ1) is 25.8. The zero-order chi connectivity index (χ0) is 24.9. The number of likely N-dealkylation sites (tertiary alicyclic amines) is 1. The van der Waals surface area contributed by atoms with Gasteiger partial charge in [0.2, 0.25) is 11.8 Å². The average Bonchev–Trinajstić information content (AvgIpc) is 3.42. The molecule has 1 aliphatic heterocycles. The van der Waals surface area contributed by atoms with Crippen LogP contribution in [0.15, 0.2) is 30.7 Å². The Morgan fingerprint density at radius 1 is 1.15 bits per heavy atom. The molecule has 0 aliphatic carbocycles. The lowest BCUT2D eigenvalue weighted by Gasteiger charge is -2.31. The molecule has 3 rings (SSSR count). The first-order chi connectivity index (χ1) is 16.1. The summed E-state index contributed by atoms with van der Waals surface area (Å²) in [6.45, 7) is 11.1. The maximum Gasteiger partial charge on any atom is 0.248 e. The Morgan fingerprint density at radius 2 is 1.79 bits per heavy atom. The summed E-state index contributed by atoms with van der Waals surface area (Å²) in [5.41, 5.74) is 0.0162. The molecule has 9 heteroatoms. The molecule has 34 heavy (non-hydrogen) atoms. The first-order valence-electron chi connectivity index (χ1n) is 11.9. The normalized spacial score (nSPS) is 16.3. The third kappa shape index (κ3) is 6.85. The van der Waals surface area contributed by atoms with E-state index in [1.54, 1.807) is 12.5 Å². The minimum Gasteiger partial charge on any atom is -0.344 e. The second-order valence-electron chi connectivity index (χ2n) is 9.84. The summed E-state index contributed by atoms with van der Waals surface area (Å²) in [6.07, 6.45) is 6.38. The van der Waals surface area contributed by atoms with E-state index >= 15 is 0 Å². The number of hydrogen-bond acceptors (Lipinski definition) is 4. The van der Waals surface area contributed by atoms with Crippen LogP contribution in [0.4, 0.5) is 14.6 Å². The van der Waals surface area contributed by atoms with Crippen molar-refractivity contribution >= 4 is 17.6 Å². The van der Waals surface area contributed by atoms with Crippen molar-refractivity contribution in [3.05, 3.63) is 47.9 Å². The number of nitrogens with zero attached hydrogens (tertiary/aromatic N) is 3. The minimum atomic E-state index is -0.807. The summed E-state index contributed by atoms with van der Waals surface area (Å²) in [4.78, 5) is 32.4. The Balaban J connectivity index is 1.64. The van der Waals surface area contributed by atoms with Crippen LogP contribution in [0.5, 0.6) is 0 Å². The maximum absolute atomic E-state index is 13.4. The number of benzene rings is 1. The molecule has 2 aromatic rings. The highest BCUT2D eigenvalue weighted by Crippen LogP contribution is 2.22. The number of aromatic nitrogens is 2. The Hall–Kier alpha value is -2.81. The maximum atomic E-state index is 13.4. The van der Waals surface area contributed by atoms with Crippen LogP contribution in [-0.4, -0.2) is 51.9 Å². The minimum absolute atomic E-state index is 0.151. The lowest BCUT2D eigenvalue weighted by Crippen LogP contribution is -2.48. The molecule has 1 fully saturated rings. The molecule has 186 valence electrons. The van der Waals surface area contributed by atoms with Gasteiger partial charge in [-0.3, -0.25) is 9.59 Å². The van der Waals surface area contributed by atoms with Crippen LogP contribution in [0.2, 0.25) is 0 Å². The van der Waals surface area contributed by atoms with Crippen molar-refractivity contribution < 1.29 is 18.4 Å². The molecule has 2 atom stereocenters. The first-order valence-corrected chi connectivity index (χ1v) is 11.9. The van der Waals surface area contributed by atoms with Crippen LogP contribution < -0.4 is 10.6 Å². The quantitative estimate of drug-likeness (QED) is 0.549. The van der Waals surface area contributed by atoms with E-state index in [2.05, 4.69) is 34.4 Å². The molecule has 1 aromatic heterocycles. The summed E-state index contributed by atoms with van der Waals surface area (Å²) in [5.74, 6) is -2.10. The number of rotatable bonds is 10. The molecule has 0 radical (unpaired) electrons. The fraction of sp³-hybridized carbons (Fsp3) is 0.560. The van der Waals surface area contributed by atoms with Crippen molar-refractivity contribution in [1.82, 2.24) is 19.8 Å². The van der Waals surface area contributed by atoms with Crippen LogP contribution in [0.25, 0.3) is 0 Å². The molecular weight excluding hydrogens is 440 g/mol. The molecule has 7 nitrogen and oxygen atoms in total. The van der Waals surface area contributed by atoms with Crippen molar-refractivity contribution in [2.45, 2.75) is 65.0 Å². The third-order valence-corrected chi connectivity index (χ3v) is 6.44. The molecule has 1 aliphatic rings. The van der Waals surface area contributed by atoms with Gasteiger partial charge < -0.3 is 20.1 Å². The molecule has 1 aromatic carbocycles. The number of nitrogens with one attached hydrogen (secondary N) is 2. The second-order valence-corrected chi connectivity index (χ2v) is 9.84. The van der Waals surface area contributed by atoms with Crippen molar-refractivity contribution in [2.24, 2.45) is 5.92 Å². The van der Waals surface area contributed by atoms with Gasteiger partial charge in [-0.2, -0.15) is 0 Å². The van der Waals surface area contributed by atoms with Gasteiger partial charge in [0.1, 0.15) is 17.7 Å². The fourth-order valence-electron chi connectivity index (χ4n) is 4.32. The van der Waals surface area contributed by atoms with Gasteiger partial charge in [0.25, 0.3) is 0 Å². The smallest absolute Gasteiger partial charge is 0.248 e. The predicted octanol–water partition coefficient (Wildman–Crippen LogP) is 3.70. The number of anilines is 1. The van der Waals surface area contributed by atoms with E-state index in [0.717, 1.165) is 37.8 Å². The van der Waals surface area contributed by atoms with Crippen LogP contribution >= 0.6 is 0 Å². The molecule has 0 unspecified atom stereocenters. The van der Waals surface area contributed by atoms with Crippen molar-refractivity contribution in [3.63, 3.8) is 0 Å². The lowest BCUT2D eigenvalue weighted by molar-refractivity contribution is -0.127. The monoisotopic (exact) mass is 475 g/mol. The van der Waals surface area contributed by atoms with Crippen LogP contribution in [0, 0.1) is 17.6 Å². The van der Waals surface area contributed by atoms with Gasteiger partial charge >= 0.3 is 0 Å². The van der Waals surface area contributed by atoms with Gasteiger partial charge in [-0.05, 0) is 63.4 Å². The standard InChI is InChI=1S/C25H35F2N5O2/c1-5-17(2)23(30-22(33)12-18-10-19(26)13-20(27)11-18)24(34)29-21-14-32(16-28-21)25(3,4)15-31-8-6-7-9-31/h10-11,13-14,16-17,23H,5-9,12,15H2,1-4H3,(H,29,34)(H,30,33)/t17-,23+/m1/s1. The molecule has 2 amide bonds. The number of imidazole rings is 1. The largest absolute Gasteiger partial charge is 0.344 e. The lowest BCUT2D eigenvalue weighted by atomic mass is 9.98. The second kappa shape index (κ2) is 11.1. The van der Waals surface area contributed by atoms with E-state index in [9.17, 15) is 18.4 Å². The number of carbonyl (C=O) groups is 2. The summed E-state index contributed by atoms with van der Waals surface area (Å²) >= 11 is 0. The van der Waals surface area contributed by atoms with Crippen LogP contribution in [0.1, 0.15) is 52.5 Å². The van der Waals surface area contributed by atoms with Gasteiger partial charge in [0.05, 0.1) is 18.3 Å². The van der Waals surface area contributed by atoms with E-state index in [1.165, 1.54) is 12.8 Å². The third-order valence-electron chi connectivity index (χ3n) is 6.44. The van der Waals surface area contributed by atoms with Gasteiger partial charge in [-0.1, -0.05) is 20.3 Å². The number of carbonyl (C=O) groups excluding carboxylic acids is 2. The van der Waals surface area contributed by atoms with Gasteiger partial charge in [-0.15, -0.1) is 0 Å². The Kier molecular flexibility index (Phi) is 8.41. The molecule has 2 heterocycles. The van der Waals surface area contributed by atoms with Crippen LogP contribution in [-0.2, 0) is 21.5 Å².